The third kappa shape index (κ3) is 4.65. The maximum atomic E-state index is 6.35. The van der Waals surface area contributed by atoms with Crippen molar-refractivity contribution in [2.45, 2.75) is 0 Å². The molecular formula is C44H28ClNO. The van der Waals surface area contributed by atoms with Crippen LogP contribution in [0.4, 0.5) is 17.1 Å². The molecule has 0 aliphatic heterocycles. The molecule has 1 aromatic heterocycles. The molecule has 0 saturated carbocycles. The summed E-state index contributed by atoms with van der Waals surface area (Å²) in [7, 11) is 0. The first-order chi connectivity index (χ1) is 23.2. The van der Waals surface area contributed by atoms with E-state index in [2.05, 4.69) is 157 Å². The normalized spacial score (nSPS) is 11.5. The van der Waals surface area contributed by atoms with Crippen LogP contribution in [0.15, 0.2) is 174 Å². The quantitative estimate of drug-likeness (QED) is 0.178. The van der Waals surface area contributed by atoms with E-state index < -0.39 is 0 Å². The number of benzene rings is 8. The summed E-state index contributed by atoms with van der Waals surface area (Å²) in [6.45, 7) is 0. The molecule has 222 valence electrons. The highest BCUT2D eigenvalue weighted by atomic mass is 35.5. The first-order valence-electron chi connectivity index (χ1n) is 15.8. The molecule has 3 heteroatoms. The van der Waals surface area contributed by atoms with E-state index in [0.29, 0.717) is 5.02 Å². The zero-order valence-corrected chi connectivity index (χ0v) is 26.2. The molecule has 9 rings (SSSR count). The molecule has 0 fully saturated rings. The summed E-state index contributed by atoms with van der Waals surface area (Å²) in [4.78, 5) is 2.40. The highest BCUT2D eigenvalue weighted by Gasteiger charge is 2.22. The number of fused-ring (bicyclic) bond motifs is 5. The predicted molar refractivity (Wildman–Crippen MR) is 199 cm³/mol. The molecule has 0 amide bonds. The number of anilines is 3. The lowest BCUT2D eigenvalue weighted by atomic mass is 9.89. The molecule has 1 heterocycles. The average molecular weight is 622 g/mol. The van der Waals surface area contributed by atoms with E-state index in [1.807, 2.05) is 18.2 Å². The average Bonchev–Trinajstić information content (AvgIpc) is 3.49. The van der Waals surface area contributed by atoms with Gasteiger partial charge >= 0.3 is 0 Å². The zero-order chi connectivity index (χ0) is 31.3. The second-order valence-electron chi connectivity index (χ2n) is 11.9. The minimum absolute atomic E-state index is 0.669. The lowest BCUT2D eigenvalue weighted by Crippen LogP contribution is -2.11. The predicted octanol–water partition coefficient (Wildman–Crippen LogP) is 13.3. The van der Waals surface area contributed by atoms with Crippen molar-refractivity contribution in [3.8, 4) is 22.3 Å². The van der Waals surface area contributed by atoms with Crippen LogP contribution in [-0.4, -0.2) is 0 Å². The second-order valence-corrected chi connectivity index (χ2v) is 12.3. The van der Waals surface area contributed by atoms with Crippen LogP contribution in [0.25, 0.3) is 65.7 Å². The van der Waals surface area contributed by atoms with Gasteiger partial charge in [-0.1, -0.05) is 127 Å². The summed E-state index contributed by atoms with van der Waals surface area (Å²) < 4.78 is 6.35. The Bertz CT molecular complexity index is 2510. The van der Waals surface area contributed by atoms with Gasteiger partial charge in [0.2, 0.25) is 0 Å². The summed E-state index contributed by atoms with van der Waals surface area (Å²) in [6, 6.07) is 60.0. The van der Waals surface area contributed by atoms with Crippen LogP contribution >= 0.6 is 11.6 Å². The Morgan fingerprint density at radius 2 is 0.872 bits per heavy atom. The molecule has 0 aliphatic carbocycles. The maximum absolute atomic E-state index is 6.35. The molecule has 2 nitrogen and oxygen atoms in total. The van der Waals surface area contributed by atoms with E-state index >= 15 is 0 Å². The van der Waals surface area contributed by atoms with Gasteiger partial charge < -0.3 is 9.32 Å². The van der Waals surface area contributed by atoms with Gasteiger partial charge in [-0.15, -0.1) is 0 Å². The maximum Gasteiger partial charge on any atom is 0.136 e. The minimum Gasteiger partial charge on any atom is -0.456 e. The summed E-state index contributed by atoms with van der Waals surface area (Å²) >= 11 is 6.30. The van der Waals surface area contributed by atoms with Crippen molar-refractivity contribution in [2.24, 2.45) is 0 Å². The fraction of sp³-hybridized carbons (Fsp3) is 0. The first kappa shape index (κ1) is 27.5. The standard InChI is InChI=1S/C44H28ClNO/c45-32-22-26-36-35-25-21-31(27-41(35)47-42(36)28-32)43-37-15-7-9-17-39(37)44(40-18-10-8-16-38(40)43)46(33-13-5-2-6-14-33)34-23-19-30(20-24-34)29-11-3-1-4-12-29/h1-28H. The number of hydrogen-bond acceptors (Lipinski definition) is 2. The molecule has 0 radical (unpaired) electrons. The van der Waals surface area contributed by atoms with Gasteiger partial charge in [0.25, 0.3) is 0 Å². The highest BCUT2D eigenvalue weighted by molar-refractivity contribution is 6.31. The van der Waals surface area contributed by atoms with E-state index in [9.17, 15) is 0 Å². The van der Waals surface area contributed by atoms with Crippen molar-refractivity contribution >= 4 is 72.1 Å². The van der Waals surface area contributed by atoms with E-state index in [-0.39, 0.29) is 0 Å². The number of hydrogen-bond donors (Lipinski definition) is 0. The van der Waals surface area contributed by atoms with Gasteiger partial charge in [-0.2, -0.15) is 0 Å². The molecular weight excluding hydrogens is 594 g/mol. The smallest absolute Gasteiger partial charge is 0.136 e. The zero-order valence-electron chi connectivity index (χ0n) is 25.4. The molecule has 0 spiro atoms. The van der Waals surface area contributed by atoms with Gasteiger partial charge in [-0.25, -0.2) is 0 Å². The van der Waals surface area contributed by atoms with Crippen LogP contribution in [-0.2, 0) is 0 Å². The Morgan fingerprint density at radius 3 is 1.53 bits per heavy atom. The van der Waals surface area contributed by atoms with Gasteiger partial charge in [-0.05, 0) is 81.6 Å². The SMILES string of the molecule is Clc1ccc2c(c1)oc1cc(-c3c4ccccc4c(N(c4ccccc4)c4ccc(-c5ccccc5)cc4)c4ccccc34)ccc12. The van der Waals surface area contributed by atoms with Crippen LogP contribution in [0.2, 0.25) is 5.02 Å². The van der Waals surface area contributed by atoms with Gasteiger partial charge in [0.15, 0.2) is 0 Å². The second kappa shape index (κ2) is 11.2. The molecule has 8 aromatic carbocycles. The Labute approximate surface area is 277 Å². The first-order valence-corrected chi connectivity index (χ1v) is 16.2. The van der Waals surface area contributed by atoms with Crippen molar-refractivity contribution in [2.75, 3.05) is 4.90 Å². The van der Waals surface area contributed by atoms with Crippen LogP contribution in [0.3, 0.4) is 0 Å². The Kier molecular flexibility index (Phi) is 6.55. The molecule has 0 unspecified atom stereocenters. The summed E-state index contributed by atoms with van der Waals surface area (Å²) in [6.07, 6.45) is 0. The summed E-state index contributed by atoms with van der Waals surface area (Å²) in [5, 5.41) is 7.53. The van der Waals surface area contributed by atoms with E-state index in [1.165, 1.54) is 38.2 Å². The lowest BCUT2D eigenvalue weighted by Gasteiger charge is -2.29. The fourth-order valence-electron chi connectivity index (χ4n) is 6.98. The van der Waals surface area contributed by atoms with Gasteiger partial charge in [-0.3, -0.25) is 0 Å². The molecule has 9 aromatic rings. The molecule has 0 saturated heterocycles. The summed E-state index contributed by atoms with van der Waals surface area (Å²) in [5.41, 5.74) is 9.69. The topological polar surface area (TPSA) is 16.4 Å². The summed E-state index contributed by atoms with van der Waals surface area (Å²) in [5.74, 6) is 0. The van der Waals surface area contributed by atoms with E-state index in [1.54, 1.807) is 0 Å². The molecule has 0 bridgehead atoms. The Morgan fingerprint density at radius 1 is 0.383 bits per heavy atom. The third-order valence-corrected chi connectivity index (χ3v) is 9.33. The van der Waals surface area contributed by atoms with Crippen molar-refractivity contribution in [1.29, 1.82) is 0 Å². The number of furan rings is 1. The van der Waals surface area contributed by atoms with Gasteiger partial charge in [0, 0.05) is 44.0 Å². The lowest BCUT2D eigenvalue weighted by molar-refractivity contribution is 0.669. The number of rotatable bonds is 5. The molecule has 0 aliphatic rings. The van der Waals surface area contributed by atoms with Crippen molar-refractivity contribution in [3.05, 3.63) is 175 Å². The molecule has 0 atom stereocenters. The van der Waals surface area contributed by atoms with Gasteiger partial charge in [0.05, 0.1) is 5.69 Å². The molecule has 0 N–H and O–H groups in total. The molecule has 47 heavy (non-hydrogen) atoms. The number of para-hydroxylation sites is 1. The van der Waals surface area contributed by atoms with Crippen LogP contribution in [0, 0.1) is 0 Å². The van der Waals surface area contributed by atoms with Crippen molar-refractivity contribution < 1.29 is 4.42 Å². The van der Waals surface area contributed by atoms with Crippen LogP contribution in [0.5, 0.6) is 0 Å². The van der Waals surface area contributed by atoms with E-state index in [0.717, 1.165) is 44.6 Å². The van der Waals surface area contributed by atoms with Crippen LogP contribution in [0.1, 0.15) is 0 Å². The van der Waals surface area contributed by atoms with E-state index in [4.69, 9.17) is 16.0 Å². The number of nitrogens with zero attached hydrogens (tertiary/aromatic N) is 1. The fourth-order valence-corrected chi connectivity index (χ4v) is 7.14. The monoisotopic (exact) mass is 621 g/mol. The van der Waals surface area contributed by atoms with Gasteiger partial charge in [0.1, 0.15) is 11.2 Å². The Balaban J connectivity index is 1.30. The largest absolute Gasteiger partial charge is 0.456 e. The third-order valence-electron chi connectivity index (χ3n) is 9.10. The van der Waals surface area contributed by atoms with Crippen molar-refractivity contribution in [3.63, 3.8) is 0 Å². The Hall–Kier alpha value is -5.83. The van der Waals surface area contributed by atoms with Crippen molar-refractivity contribution in [1.82, 2.24) is 0 Å². The highest BCUT2D eigenvalue weighted by Crippen LogP contribution is 2.48. The number of halogens is 1. The minimum atomic E-state index is 0.669. The van der Waals surface area contributed by atoms with Crippen LogP contribution < -0.4 is 4.90 Å².